The fraction of sp³-hybridized carbons (Fsp3) is 0.533. The van der Waals surface area contributed by atoms with E-state index in [1.165, 1.54) is 17.7 Å². The first-order valence-electron chi connectivity index (χ1n) is 6.86. The number of hydrogen-bond acceptors (Lipinski definition) is 3. The molecule has 0 aliphatic heterocycles. The van der Waals surface area contributed by atoms with Gasteiger partial charge in [-0.2, -0.15) is 0 Å². The van der Waals surface area contributed by atoms with Crippen molar-refractivity contribution in [2.24, 2.45) is 0 Å². The Kier molecular flexibility index (Phi) is 5.16. The van der Waals surface area contributed by atoms with Gasteiger partial charge in [0.25, 0.3) is 0 Å². The summed E-state index contributed by atoms with van der Waals surface area (Å²) in [4.78, 5) is 16.4. The van der Waals surface area contributed by atoms with Crippen LogP contribution in [0.3, 0.4) is 0 Å². The maximum Gasteiger partial charge on any atom is 0.246 e. The Morgan fingerprint density at radius 2 is 2.21 bits per heavy atom. The van der Waals surface area contributed by atoms with Crippen LogP contribution in [0.2, 0.25) is 0 Å². The highest BCUT2D eigenvalue weighted by Gasteiger charge is 2.24. The number of nitrogens with zero attached hydrogens (tertiary/aromatic N) is 1. The van der Waals surface area contributed by atoms with E-state index in [9.17, 15) is 4.79 Å². The van der Waals surface area contributed by atoms with E-state index in [2.05, 4.69) is 13.0 Å². The molecule has 3 nitrogen and oxygen atoms in total. The first-order chi connectivity index (χ1) is 9.20. The highest BCUT2D eigenvalue weighted by molar-refractivity contribution is 7.12. The lowest BCUT2D eigenvalue weighted by Gasteiger charge is -2.27. The van der Waals surface area contributed by atoms with Crippen molar-refractivity contribution in [2.45, 2.75) is 38.6 Å². The van der Waals surface area contributed by atoms with E-state index in [4.69, 9.17) is 5.11 Å². The van der Waals surface area contributed by atoms with Crippen molar-refractivity contribution in [1.29, 1.82) is 0 Å². The van der Waals surface area contributed by atoms with Crippen molar-refractivity contribution in [3.63, 3.8) is 0 Å². The van der Waals surface area contributed by atoms with Gasteiger partial charge in [0.15, 0.2) is 0 Å². The normalized spacial score (nSPS) is 16.3. The van der Waals surface area contributed by atoms with Crippen molar-refractivity contribution < 1.29 is 9.90 Å². The lowest BCUT2D eigenvalue weighted by Crippen LogP contribution is -2.39. The Bertz CT molecular complexity index is 447. The van der Waals surface area contributed by atoms with Gasteiger partial charge >= 0.3 is 0 Å². The molecule has 1 aromatic rings. The summed E-state index contributed by atoms with van der Waals surface area (Å²) in [5.41, 5.74) is 0. The van der Waals surface area contributed by atoms with E-state index in [1.54, 1.807) is 17.4 Å². The molecule has 0 atom stereocenters. The van der Waals surface area contributed by atoms with Gasteiger partial charge in [-0.15, -0.1) is 11.3 Å². The molecular formula is C15H21NO2S. The van der Waals surface area contributed by atoms with Crippen LogP contribution in [-0.2, 0) is 4.79 Å². The summed E-state index contributed by atoms with van der Waals surface area (Å²) in [6, 6.07) is 4.39. The van der Waals surface area contributed by atoms with Crippen molar-refractivity contribution in [1.82, 2.24) is 4.90 Å². The standard InChI is InChI=1S/C15H21NO2S/c1-12-6-7-14(19-12)8-9-15(18)16(10-11-17)13-4-2-3-5-13/h6-9,13,17H,2-5,10-11H2,1H3. The predicted molar refractivity (Wildman–Crippen MR) is 79.1 cm³/mol. The molecule has 1 amide bonds. The molecular weight excluding hydrogens is 258 g/mol. The van der Waals surface area contributed by atoms with E-state index in [0.29, 0.717) is 12.6 Å². The number of carbonyl (C=O) groups excluding carboxylic acids is 1. The topological polar surface area (TPSA) is 40.5 Å². The number of aliphatic hydroxyl groups is 1. The molecule has 0 unspecified atom stereocenters. The van der Waals surface area contributed by atoms with Crippen LogP contribution in [0, 0.1) is 6.92 Å². The molecule has 1 N–H and O–H groups in total. The minimum atomic E-state index is 0.0204. The Balaban J connectivity index is 2.00. The lowest BCUT2D eigenvalue weighted by molar-refractivity contribution is -0.128. The fourth-order valence-corrected chi connectivity index (χ4v) is 3.37. The zero-order chi connectivity index (χ0) is 13.7. The average molecular weight is 279 g/mol. The Morgan fingerprint density at radius 1 is 1.47 bits per heavy atom. The second kappa shape index (κ2) is 6.87. The molecule has 0 radical (unpaired) electrons. The third-order valence-electron chi connectivity index (χ3n) is 3.54. The van der Waals surface area contributed by atoms with Crippen molar-refractivity contribution in [2.75, 3.05) is 13.2 Å². The Morgan fingerprint density at radius 3 is 2.79 bits per heavy atom. The van der Waals surface area contributed by atoms with E-state index >= 15 is 0 Å². The Labute approximate surface area is 118 Å². The van der Waals surface area contributed by atoms with Crippen LogP contribution in [0.15, 0.2) is 18.2 Å². The highest BCUT2D eigenvalue weighted by atomic mass is 32.1. The quantitative estimate of drug-likeness (QED) is 0.842. The zero-order valence-corrected chi connectivity index (χ0v) is 12.2. The van der Waals surface area contributed by atoms with Gasteiger partial charge in [0.1, 0.15) is 0 Å². The molecule has 1 aliphatic carbocycles. The van der Waals surface area contributed by atoms with Crippen LogP contribution in [0.4, 0.5) is 0 Å². The number of carbonyl (C=O) groups is 1. The number of hydrogen-bond donors (Lipinski definition) is 1. The second-order valence-electron chi connectivity index (χ2n) is 4.98. The third kappa shape index (κ3) is 3.91. The SMILES string of the molecule is Cc1ccc(C=CC(=O)N(CCO)C2CCCC2)s1. The number of aliphatic hydroxyl groups excluding tert-OH is 1. The van der Waals surface area contributed by atoms with Crippen molar-refractivity contribution in [3.05, 3.63) is 28.0 Å². The van der Waals surface area contributed by atoms with Gasteiger partial charge in [-0.05, 0) is 38.0 Å². The maximum atomic E-state index is 12.2. The van der Waals surface area contributed by atoms with Crippen LogP contribution in [0.25, 0.3) is 6.08 Å². The largest absolute Gasteiger partial charge is 0.395 e. The van der Waals surface area contributed by atoms with Crippen LogP contribution in [0.1, 0.15) is 35.4 Å². The summed E-state index contributed by atoms with van der Waals surface area (Å²) < 4.78 is 0. The maximum absolute atomic E-state index is 12.2. The molecule has 4 heteroatoms. The molecule has 104 valence electrons. The monoisotopic (exact) mass is 279 g/mol. The van der Waals surface area contributed by atoms with E-state index < -0.39 is 0 Å². The number of amides is 1. The van der Waals surface area contributed by atoms with Gasteiger partial charge in [-0.3, -0.25) is 4.79 Å². The first-order valence-corrected chi connectivity index (χ1v) is 7.68. The van der Waals surface area contributed by atoms with Gasteiger partial charge in [0.2, 0.25) is 5.91 Å². The van der Waals surface area contributed by atoms with Gasteiger partial charge < -0.3 is 10.0 Å². The minimum Gasteiger partial charge on any atom is -0.395 e. The molecule has 1 saturated carbocycles. The fourth-order valence-electron chi connectivity index (χ4n) is 2.59. The summed E-state index contributed by atoms with van der Waals surface area (Å²) in [5, 5.41) is 9.12. The number of thiophene rings is 1. The molecule has 0 bridgehead atoms. The van der Waals surface area contributed by atoms with E-state index in [1.807, 2.05) is 17.0 Å². The highest BCUT2D eigenvalue weighted by Crippen LogP contribution is 2.24. The molecule has 1 aliphatic rings. The molecule has 2 rings (SSSR count). The summed E-state index contributed by atoms with van der Waals surface area (Å²) in [7, 11) is 0. The molecule has 0 aromatic carbocycles. The summed E-state index contributed by atoms with van der Waals surface area (Å²) in [5.74, 6) is 0.0204. The van der Waals surface area contributed by atoms with E-state index in [0.717, 1.165) is 17.7 Å². The first kappa shape index (κ1) is 14.3. The van der Waals surface area contributed by atoms with Crippen molar-refractivity contribution in [3.8, 4) is 0 Å². The van der Waals surface area contributed by atoms with Crippen LogP contribution >= 0.6 is 11.3 Å². The number of aryl methyl sites for hydroxylation is 1. The molecule has 0 saturated heterocycles. The van der Waals surface area contributed by atoms with Crippen molar-refractivity contribution >= 4 is 23.3 Å². The summed E-state index contributed by atoms with van der Waals surface area (Å²) >= 11 is 1.68. The molecule has 19 heavy (non-hydrogen) atoms. The van der Waals surface area contributed by atoms with Gasteiger partial charge in [0.05, 0.1) is 6.61 Å². The van der Waals surface area contributed by atoms with Gasteiger partial charge in [-0.1, -0.05) is 12.8 Å². The predicted octanol–water partition coefficient (Wildman–Crippen LogP) is 2.83. The molecule has 1 aromatic heterocycles. The summed E-state index contributed by atoms with van der Waals surface area (Å²) in [6.07, 6.45) is 8.02. The van der Waals surface area contributed by atoms with Gasteiger partial charge in [0, 0.05) is 28.4 Å². The van der Waals surface area contributed by atoms with Crippen LogP contribution in [-0.4, -0.2) is 35.1 Å². The average Bonchev–Trinajstić information content (AvgIpc) is 3.04. The lowest BCUT2D eigenvalue weighted by atomic mass is 10.2. The number of rotatable bonds is 5. The summed E-state index contributed by atoms with van der Waals surface area (Å²) in [6.45, 7) is 2.53. The van der Waals surface area contributed by atoms with Gasteiger partial charge in [-0.25, -0.2) is 0 Å². The molecule has 0 spiro atoms. The third-order valence-corrected chi connectivity index (χ3v) is 4.51. The van der Waals surface area contributed by atoms with Crippen LogP contribution < -0.4 is 0 Å². The smallest absolute Gasteiger partial charge is 0.246 e. The molecule has 1 heterocycles. The van der Waals surface area contributed by atoms with E-state index in [-0.39, 0.29) is 12.5 Å². The van der Waals surface area contributed by atoms with Crippen LogP contribution in [0.5, 0.6) is 0 Å². The second-order valence-corrected chi connectivity index (χ2v) is 6.29. The zero-order valence-electron chi connectivity index (χ0n) is 11.3. The molecule has 1 fully saturated rings. The Hall–Kier alpha value is -1.13. The minimum absolute atomic E-state index is 0.0204.